The Morgan fingerprint density at radius 1 is 0.719 bits per heavy atom. The Balaban J connectivity index is 1.86. The van der Waals surface area contributed by atoms with Crippen molar-refractivity contribution in [1.29, 1.82) is 0 Å². The van der Waals surface area contributed by atoms with Crippen LogP contribution in [0.25, 0.3) is 0 Å². The summed E-state index contributed by atoms with van der Waals surface area (Å²) in [5.41, 5.74) is 2.00. The normalized spacial score (nSPS) is 12.1. The fourth-order valence-corrected chi connectivity index (χ4v) is 5.13. The molecule has 2 aromatic rings. The largest absolute Gasteiger partial charge is 0.379 e. The van der Waals surface area contributed by atoms with E-state index < -0.39 is 10.1 Å². The van der Waals surface area contributed by atoms with Crippen molar-refractivity contribution in [2.75, 3.05) is 0 Å². The second-order valence-corrected chi connectivity index (χ2v) is 11.4. The third kappa shape index (κ3) is 8.97. The quantitative estimate of drug-likeness (QED) is 0.211. The van der Waals surface area contributed by atoms with Gasteiger partial charge in [-0.25, -0.2) is 0 Å². The van der Waals surface area contributed by atoms with Gasteiger partial charge in [0.15, 0.2) is 0 Å². The summed E-state index contributed by atoms with van der Waals surface area (Å²) in [6.07, 6.45) is 13.4. The van der Waals surface area contributed by atoms with Gasteiger partial charge in [0.1, 0.15) is 10.6 Å². The SMILES string of the molecule is CCCCCCCCCCCCc1ccccc1S(=O)(=O)Oc1ccc(C(C)(C)C)cc1. The zero-order chi connectivity index (χ0) is 23.5. The van der Waals surface area contributed by atoms with Crippen LogP contribution in [0.2, 0.25) is 0 Å². The molecule has 2 aromatic carbocycles. The van der Waals surface area contributed by atoms with Crippen LogP contribution in [0.1, 0.15) is 103 Å². The van der Waals surface area contributed by atoms with Crippen LogP contribution in [0.15, 0.2) is 53.4 Å². The molecule has 3 nitrogen and oxygen atoms in total. The van der Waals surface area contributed by atoms with E-state index in [0.29, 0.717) is 5.75 Å². The number of unbranched alkanes of at least 4 members (excludes halogenated alkanes) is 9. The molecule has 0 bridgehead atoms. The molecule has 0 aromatic heterocycles. The molecular formula is C28H42O3S. The Bertz CT molecular complexity index is 893. The van der Waals surface area contributed by atoms with Crippen LogP contribution in [0.4, 0.5) is 0 Å². The first-order valence-electron chi connectivity index (χ1n) is 12.4. The zero-order valence-electron chi connectivity index (χ0n) is 20.5. The van der Waals surface area contributed by atoms with Crippen molar-refractivity contribution in [2.24, 2.45) is 0 Å². The van der Waals surface area contributed by atoms with Gasteiger partial charge in [0.2, 0.25) is 0 Å². The smallest absolute Gasteiger partial charge is 0.339 e. The molecule has 0 unspecified atom stereocenters. The molecule has 0 amide bonds. The predicted octanol–water partition coefficient (Wildman–Crippen LogP) is 8.22. The van der Waals surface area contributed by atoms with Crippen molar-refractivity contribution in [1.82, 2.24) is 0 Å². The topological polar surface area (TPSA) is 43.4 Å². The second-order valence-electron chi connectivity index (χ2n) is 9.85. The molecule has 0 radical (unpaired) electrons. The minimum atomic E-state index is -3.85. The second kappa shape index (κ2) is 13.0. The first kappa shape index (κ1) is 26.4. The van der Waals surface area contributed by atoms with Crippen LogP contribution in [-0.4, -0.2) is 8.42 Å². The summed E-state index contributed by atoms with van der Waals surface area (Å²) in [5.74, 6) is 0.353. The summed E-state index contributed by atoms with van der Waals surface area (Å²) < 4.78 is 31.4. The van der Waals surface area contributed by atoms with E-state index in [0.717, 1.165) is 30.4 Å². The van der Waals surface area contributed by atoms with E-state index in [9.17, 15) is 8.42 Å². The van der Waals surface area contributed by atoms with Gasteiger partial charge in [-0.1, -0.05) is 116 Å². The van der Waals surface area contributed by atoms with Gasteiger partial charge in [-0.2, -0.15) is 8.42 Å². The van der Waals surface area contributed by atoms with Gasteiger partial charge in [0, 0.05) is 0 Å². The first-order valence-corrected chi connectivity index (χ1v) is 13.8. The maximum Gasteiger partial charge on any atom is 0.339 e. The van der Waals surface area contributed by atoms with Gasteiger partial charge in [-0.05, 0) is 47.6 Å². The van der Waals surface area contributed by atoms with Gasteiger partial charge in [-0.15, -0.1) is 0 Å². The summed E-state index contributed by atoms with van der Waals surface area (Å²) in [6, 6.07) is 14.6. The van der Waals surface area contributed by atoms with E-state index >= 15 is 0 Å². The molecule has 0 aliphatic heterocycles. The number of hydrogen-bond acceptors (Lipinski definition) is 3. The molecule has 0 saturated heterocycles. The molecule has 4 heteroatoms. The Hall–Kier alpha value is -1.81. The Labute approximate surface area is 196 Å². The van der Waals surface area contributed by atoms with Gasteiger partial charge < -0.3 is 4.18 Å². The van der Waals surface area contributed by atoms with Crippen LogP contribution in [0.5, 0.6) is 5.75 Å². The first-order chi connectivity index (χ1) is 15.2. The molecule has 0 N–H and O–H groups in total. The highest BCUT2D eigenvalue weighted by molar-refractivity contribution is 7.87. The Morgan fingerprint density at radius 2 is 1.25 bits per heavy atom. The number of rotatable bonds is 14. The maximum absolute atomic E-state index is 13.0. The van der Waals surface area contributed by atoms with E-state index in [4.69, 9.17) is 4.18 Å². The molecule has 0 fully saturated rings. The van der Waals surface area contributed by atoms with E-state index in [1.807, 2.05) is 24.3 Å². The molecule has 32 heavy (non-hydrogen) atoms. The fourth-order valence-electron chi connectivity index (χ4n) is 3.94. The van der Waals surface area contributed by atoms with Crippen molar-refractivity contribution >= 4 is 10.1 Å². The van der Waals surface area contributed by atoms with Crippen molar-refractivity contribution < 1.29 is 12.6 Å². The number of benzene rings is 2. The monoisotopic (exact) mass is 458 g/mol. The molecule has 0 spiro atoms. The summed E-state index contributed by atoms with van der Waals surface area (Å²) in [5, 5.41) is 0. The van der Waals surface area contributed by atoms with Gasteiger partial charge in [0.25, 0.3) is 0 Å². The predicted molar refractivity (Wildman–Crippen MR) is 135 cm³/mol. The summed E-state index contributed by atoms with van der Waals surface area (Å²) in [4.78, 5) is 0.288. The van der Waals surface area contributed by atoms with E-state index in [-0.39, 0.29) is 10.3 Å². The average molecular weight is 459 g/mol. The van der Waals surface area contributed by atoms with Crippen LogP contribution in [0.3, 0.4) is 0 Å². The molecule has 178 valence electrons. The van der Waals surface area contributed by atoms with Crippen molar-refractivity contribution in [3.8, 4) is 5.75 Å². The van der Waals surface area contributed by atoms with Crippen molar-refractivity contribution in [3.05, 3.63) is 59.7 Å². The third-order valence-corrected chi connectivity index (χ3v) is 7.32. The molecule has 0 atom stereocenters. The lowest BCUT2D eigenvalue weighted by Gasteiger charge is -2.19. The lowest BCUT2D eigenvalue weighted by Crippen LogP contribution is -2.13. The zero-order valence-corrected chi connectivity index (χ0v) is 21.3. The Morgan fingerprint density at radius 3 is 1.81 bits per heavy atom. The van der Waals surface area contributed by atoms with Gasteiger partial charge in [-0.3, -0.25) is 0 Å². The molecule has 0 aliphatic carbocycles. The summed E-state index contributed by atoms with van der Waals surface area (Å²) in [7, 11) is -3.85. The van der Waals surface area contributed by atoms with Crippen LogP contribution in [0, 0.1) is 0 Å². The minimum absolute atomic E-state index is 0.0130. The number of hydrogen-bond donors (Lipinski definition) is 0. The lowest BCUT2D eigenvalue weighted by atomic mass is 9.87. The van der Waals surface area contributed by atoms with E-state index in [1.165, 1.54) is 51.4 Å². The standard InChI is InChI=1S/C28H42O3S/c1-5-6-7-8-9-10-11-12-13-14-17-24-18-15-16-19-27(24)32(29,30)31-26-22-20-25(21-23-26)28(2,3)4/h15-16,18-23H,5-14,17H2,1-4H3. The van der Waals surface area contributed by atoms with Crippen LogP contribution < -0.4 is 4.18 Å². The van der Waals surface area contributed by atoms with Crippen LogP contribution in [-0.2, 0) is 22.0 Å². The Kier molecular flexibility index (Phi) is 10.8. The lowest BCUT2D eigenvalue weighted by molar-refractivity contribution is 0.484. The van der Waals surface area contributed by atoms with E-state index in [2.05, 4.69) is 27.7 Å². The molecule has 2 rings (SSSR count). The summed E-state index contributed by atoms with van der Waals surface area (Å²) >= 11 is 0. The summed E-state index contributed by atoms with van der Waals surface area (Å²) in [6.45, 7) is 8.64. The molecule has 0 heterocycles. The molecular weight excluding hydrogens is 416 g/mol. The highest BCUT2D eigenvalue weighted by atomic mass is 32.2. The van der Waals surface area contributed by atoms with Crippen molar-refractivity contribution in [3.63, 3.8) is 0 Å². The number of aryl methyl sites for hydroxylation is 1. The van der Waals surface area contributed by atoms with Gasteiger partial charge >= 0.3 is 10.1 Å². The highest BCUT2D eigenvalue weighted by Gasteiger charge is 2.21. The van der Waals surface area contributed by atoms with Crippen LogP contribution >= 0.6 is 0 Å². The molecule has 0 aliphatic rings. The van der Waals surface area contributed by atoms with E-state index in [1.54, 1.807) is 24.3 Å². The average Bonchev–Trinajstić information content (AvgIpc) is 2.75. The van der Waals surface area contributed by atoms with Crippen molar-refractivity contribution in [2.45, 2.75) is 109 Å². The highest BCUT2D eigenvalue weighted by Crippen LogP contribution is 2.27. The third-order valence-electron chi connectivity index (χ3n) is 5.97. The molecule has 0 saturated carbocycles. The fraction of sp³-hybridized carbons (Fsp3) is 0.571. The minimum Gasteiger partial charge on any atom is -0.379 e. The maximum atomic E-state index is 13.0. The van der Waals surface area contributed by atoms with Gasteiger partial charge in [0.05, 0.1) is 0 Å².